The van der Waals surface area contributed by atoms with Crippen molar-refractivity contribution in [3.05, 3.63) is 59.7 Å². The van der Waals surface area contributed by atoms with Crippen LogP contribution in [0.1, 0.15) is 43.2 Å². The number of aliphatic carboxylic acids is 1. The molecule has 7 nitrogen and oxygen atoms in total. The average Bonchev–Trinajstić information content (AvgIpc) is 3.43. The Bertz CT molecular complexity index is 959. The van der Waals surface area contributed by atoms with Crippen LogP contribution in [-0.2, 0) is 14.3 Å². The van der Waals surface area contributed by atoms with Crippen LogP contribution in [-0.4, -0.2) is 41.8 Å². The summed E-state index contributed by atoms with van der Waals surface area (Å²) in [6, 6.07) is 14.9. The lowest BCUT2D eigenvalue weighted by molar-refractivity contribution is -0.139. The molecular weight excluding hydrogens is 396 g/mol. The molecule has 4 rings (SSSR count). The fourth-order valence-electron chi connectivity index (χ4n) is 4.33. The fraction of sp³-hybridized carbons (Fsp3) is 0.375. The van der Waals surface area contributed by atoms with Crippen LogP contribution >= 0.6 is 0 Å². The minimum absolute atomic E-state index is 0.0538. The fourth-order valence-corrected chi connectivity index (χ4v) is 4.33. The van der Waals surface area contributed by atoms with Crippen molar-refractivity contribution < 1.29 is 24.2 Å². The molecule has 3 unspecified atom stereocenters. The van der Waals surface area contributed by atoms with Gasteiger partial charge in [-0.3, -0.25) is 9.59 Å². The molecule has 162 valence electrons. The lowest BCUT2D eigenvalue weighted by Crippen LogP contribution is -2.49. The van der Waals surface area contributed by atoms with E-state index < -0.39 is 30.4 Å². The summed E-state index contributed by atoms with van der Waals surface area (Å²) in [4.78, 5) is 36.1. The van der Waals surface area contributed by atoms with Gasteiger partial charge in [0.2, 0.25) is 5.91 Å². The van der Waals surface area contributed by atoms with Crippen molar-refractivity contribution in [3.63, 3.8) is 0 Å². The number of nitrogens with one attached hydrogen (secondary N) is 2. The maximum absolute atomic E-state index is 12.5. The first-order valence-corrected chi connectivity index (χ1v) is 10.6. The molecule has 2 aromatic carbocycles. The Morgan fingerprint density at radius 2 is 1.68 bits per heavy atom. The predicted octanol–water partition coefficient (Wildman–Crippen LogP) is 3.28. The third kappa shape index (κ3) is 4.55. The Labute approximate surface area is 180 Å². The first-order valence-electron chi connectivity index (χ1n) is 10.6. The van der Waals surface area contributed by atoms with Crippen molar-refractivity contribution in [2.45, 2.75) is 44.2 Å². The second kappa shape index (κ2) is 8.79. The Morgan fingerprint density at radius 3 is 2.23 bits per heavy atom. The summed E-state index contributed by atoms with van der Waals surface area (Å²) in [6.45, 7) is 2.14. The van der Waals surface area contributed by atoms with E-state index in [-0.39, 0.29) is 18.6 Å². The zero-order chi connectivity index (χ0) is 22.0. The van der Waals surface area contributed by atoms with Crippen LogP contribution in [0.2, 0.25) is 0 Å². The van der Waals surface area contributed by atoms with Gasteiger partial charge in [-0.2, -0.15) is 0 Å². The first kappa shape index (κ1) is 20.9. The minimum Gasteiger partial charge on any atom is -0.481 e. The van der Waals surface area contributed by atoms with E-state index in [2.05, 4.69) is 10.6 Å². The van der Waals surface area contributed by atoms with E-state index in [1.165, 1.54) is 0 Å². The number of hydrogen-bond donors (Lipinski definition) is 3. The molecule has 0 spiro atoms. The van der Waals surface area contributed by atoms with Crippen LogP contribution in [0.3, 0.4) is 0 Å². The third-order valence-corrected chi connectivity index (χ3v) is 6.11. The lowest BCUT2D eigenvalue weighted by atomic mass is 9.98. The van der Waals surface area contributed by atoms with Crippen LogP contribution < -0.4 is 10.6 Å². The molecule has 2 aromatic rings. The van der Waals surface area contributed by atoms with Crippen molar-refractivity contribution >= 4 is 18.0 Å². The summed E-state index contributed by atoms with van der Waals surface area (Å²) in [6.07, 6.45) is 0.534. The molecule has 3 atom stereocenters. The monoisotopic (exact) mass is 422 g/mol. The molecule has 7 heteroatoms. The zero-order valence-corrected chi connectivity index (χ0v) is 17.3. The summed E-state index contributed by atoms with van der Waals surface area (Å²) in [5, 5.41) is 14.4. The van der Waals surface area contributed by atoms with Gasteiger partial charge in [0.1, 0.15) is 12.6 Å². The zero-order valence-electron chi connectivity index (χ0n) is 17.3. The van der Waals surface area contributed by atoms with Crippen LogP contribution in [0.25, 0.3) is 11.1 Å². The number of amides is 2. The number of carboxylic acids is 1. The molecule has 1 fully saturated rings. The molecule has 2 aliphatic rings. The van der Waals surface area contributed by atoms with Crippen LogP contribution in [0.4, 0.5) is 4.79 Å². The Hall–Kier alpha value is -3.35. The lowest BCUT2D eigenvalue weighted by Gasteiger charge is -2.19. The van der Waals surface area contributed by atoms with Gasteiger partial charge in [-0.25, -0.2) is 4.79 Å². The number of carbonyl (C=O) groups excluding carboxylic acids is 2. The van der Waals surface area contributed by atoms with Crippen LogP contribution in [0.5, 0.6) is 0 Å². The van der Waals surface area contributed by atoms with E-state index in [1.807, 2.05) is 55.5 Å². The molecule has 0 aromatic heterocycles. The number of rotatable bonds is 8. The van der Waals surface area contributed by atoms with Crippen molar-refractivity contribution in [1.82, 2.24) is 10.6 Å². The third-order valence-electron chi connectivity index (χ3n) is 6.11. The van der Waals surface area contributed by atoms with Gasteiger partial charge in [-0.05, 0) is 34.6 Å². The SMILES string of the molecule is CCC1CC1NC(=O)C(CC(=O)O)NC(=O)OCC1c2ccccc2-c2ccccc21. The molecular formula is C24H26N2O5. The molecule has 31 heavy (non-hydrogen) atoms. The normalized spacial score (nSPS) is 19.6. The highest BCUT2D eigenvalue weighted by Gasteiger charge is 2.38. The number of fused-ring (bicyclic) bond motifs is 3. The highest BCUT2D eigenvalue weighted by molar-refractivity contribution is 5.89. The van der Waals surface area contributed by atoms with Crippen molar-refractivity contribution in [2.75, 3.05) is 6.61 Å². The topological polar surface area (TPSA) is 105 Å². The van der Waals surface area contributed by atoms with E-state index in [9.17, 15) is 14.4 Å². The Balaban J connectivity index is 1.39. The largest absolute Gasteiger partial charge is 0.481 e. The molecule has 0 saturated heterocycles. The summed E-state index contributed by atoms with van der Waals surface area (Å²) in [5.41, 5.74) is 4.39. The van der Waals surface area contributed by atoms with E-state index in [1.54, 1.807) is 0 Å². The molecule has 2 aliphatic carbocycles. The molecule has 2 amide bonds. The average molecular weight is 422 g/mol. The van der Waals surface area contributed by atoms with Crippen molar-refractivity contribution in [3.8, 4) is 11.1 Å². The second-order valence-corrected chi connectivity index (χ2v) is 8.14. The van der Waals surface area contributed by atoms with Gasteiger partial charge in [0.25, 0.3) is 0 Å². The first-order chi connectivity index (χ1) is 15.0. The molecule has 0 aliphatic heterocycles. The van der Waals surface area contributed by atoms with Gasteiger partial charge in [-0.1, -0.05) is 61.9 Å². The molecule has 1 saturated carbocycles. The number of carbonyl (C=O) groups is 3. The molecule has 0 heterocycles. The minimum atomic E-state index is -1.17. The predicted molar refractivity (Wildman–Crippen MR) is 115 cm³/mol. The van der Waals surface area contributed by atoms with Gasteiger partial charge in [0.05, 0.1) is 6.42 Å². The highest BCUT2D eigenvalue weighted by Crippen LogP contribution is 2.44. The Morgan fingerprint density at radius 1 is 1.06 bits per heavy atom. The standard InChI is InChI=1S/C24H26N2O5/c1-2-14-11-20(14)25-23(29)21(12-22(27)28)26-24(30)31-13-19-17-9-5-3-7-15(17)16-8-4-6-10-18(16)19/h3-10,14,19-21H,2,11-13H2,1H3,(H,25,29)(H,26,30)(H,27,28). The quantitative estimate of drug-likeness (QED) is 0.606. The number of ether oxygens (including phenoxy) is 1. The van der Waals surface area contributed by atoms with Crippen LogP contribution in [0, 0.1) is 5.92 Å². The van der Waals surface area contributed by atoms with Gasteiger partial charge in [0, 0.05) is 12.0 Å². The van der Waals surface area contributed by atoms with Gasteiger partial charge < -0.3 is 20.5 Å². The Kier molecular flexibility index (Phi) is 5.93. The second-order valence-electron chi connectivity index (χ2n) is 8.14. The van der Waals surface area contributed by atoms with Gasteiger partial charge in [0.15, 0.2) is 0 Å². The summed E-state index contributed by atoms with van der Waals surface area (Å²) in [5.74, 6) is -1.34. The van der Waals surface area contributed by atoms with E-state index in [4.69, 9.17) is 9.84 Å². The number of benzene rings is 2. The van der Waals surface area contributed by atoms with Crippen molar-refractivity contribution in [1.29, 1.82) is 0 Å². The summed E-state index contributed by atoms with van der Waals surface area (Å²) >= 11 is 0. The molecule has 3 N–H and O–H groups in total. The van der Waals surface area contributed by atoms with E-state index in [0.29, 0.717) is 5.92 Å². The van der Waals surface area contributed by atoms with Gasteiger partial charge >= 0.3 is 12.1 Å². The summed E-state index contributed by atoms with van der Waals surface area (Å²) in [7, 11) is 0. The highest BCUT2D eigenvalue weighted by atomic mass is 16.5. The number of hydrogen-bond acceptors (Lipinski definition) is 4. The van der Waals surface area contributed by atoms with E-state index >= 15 is 0 Å². The van der Waals surface area contributed by atoms with Crippen LogP contribution in [0.15, 0.2) is 48.5 Å². The number of alkyl carbamates (subject to hydrolysis) is 1. The smallest absolute Gasteiger partial charge is 0.407 e. The molecule has 0 radical (unpaired) electrons. The molecule has 0 bridgehead atoms. The summed E-state index contributed by atoms with van der Waals surface area (Å²) < 4.78 is 5.44. The van der Waals surface area contributed by atoms with Crippen molar-refractivity contribution in [2.24, 2.45) is 5.92 Å². The van der Waals surface area contributed by atoms with E-state index in [0.717, 1.165) is 35.1 Å². The van der Waals surface area contributed by atoms with Gasteiger partial charge in [-0.15, -0.1) is 0 Å². The maximum Gasteiger partial charge on any atom is 0.407 e. The number of carboxylic acid groups (broad SMARTS) is 1. The maximum atomic E-state index is 12.5.